The predicted molar refractivity (Wildman–Crippen MR) is 77.1 cm³/mol. The van der Waals surface area contributed by atoms with Gasteiger partial charge in [0.25, 0.3) is 5.91 Å². The van der Waals surface area contributed by atoms with Gasteiger partial charge in [0, 0.05) is 16.8 Å². The summed E-state index contributed by atoms with van der Waals surface area (Å²) >= 11 is 0. The number of carbonyl (C=O) groups is 1. The van der Waals surface area contributed by atoms with Crippen LogP contribution >= 0.6 is 0 Å². The van der Waals surface area contributed by atoms with Crippen LogP contribution < -0.4 is 5.43 Å². The molecule has 120 valence electrons. The molecule has 2 aromatic rings. The van der Waals surface area contributed by atoms with Gasteiger partial charge in [-0.25, -0.2) is 5.43 Å². The highest BCUT2D eigenvalue weighted by atomic mass is 19.4. The van der Waals surface area contributed by atoms with Gasteiger partial charge in [0.2, 0.25) is 0 Å². The number of aromatic nitrogens is 2. The van der Waals surface area contributed by atoms with Gasteiger partial charge in [0.05, 0.1) is 11.8 Å². The number of H-pyrrole nitrogens is 1. The molecule has 0 fully saturated rings. The smallest absolute Gasteiger partial charge is 0.281 e. The normalized spacial score (nSPS) is 14.2. The number of fused-ring (bicyclic) bond motifs is 1. The lowest BCUT2D eigenvalue weighted by Gasteiger charge is -2.09. The van der Waals surface area contributed by atoms with Gasteiger partial charge in [-0.05, 0) is 25.3 Å². The number of nitrogens with one attached hydrogen (secondary N) is 2. The number of hydrogen-bond acceptors (Lipinski definition) is 3. The van der Waals surface area contributed by atoms with Crippen molar-refractivity contribution in [2.24, 2.45) is 5.10 Å². The minimum absolute atomic E-state index is 0.118. The number of nitrogens with zero attached hydrogens (tertiary/aromatic N) is 2. The highest BCUT2D eigenvalue weighted by Gasteiger charge is 2.32. The van der Waals surface area contributed by atoms with Gasteiger partial charge in [0.1, 0.15) is 0 Å². The van der Waals surface area contributed by atoms with Crippen LogP contribution in [0.4, 0.5) is 13.2 Å². The van der Waals surface area contributed by atoms with Crippen molar-refractivity contribution in [3.63, 3.8) is 0 Å². The Balaban J connectivity index is 1.73. The van der Waals surface area contributed by atoms with Crippen LogP contribution in [0.25, 0.3) is 0 Å². The second-order valence-electron chi connectivity index (χ2n) is 5.17. The van der Waals surface area contributed by atoms with Crippen molar-refractivity contribution in [3.8, 4) is 0 Å². The Kier molecular flexibility index (Phi) is 3.89. The van der Waals surface area contributed by atoms with Crippen LogP contribution in [0.2, 0.25) is 0 Å². The van der Waals surface area contributed by atoms with E-state index >= 15 is 0 Å². The van der Waals surface area contributed by atoms with Crippen molar-refractivity contribution >= 4 is 12.1 Å². The fraction of sp³-hybridized carbons (Fsp3) is 0.267. The Bertz CT molecular complexity index is 764. The molecule has 1 aromatic carbocycles. The number of rotatable bonds is 3. The standard InChI is InChI=1S/C15H13F3N4O/c16-15(17,18)11-6-2-1-4-9(11)8-19-22-14(23)13-10-5-3-7-12(10)20-21-13/h1-2,4,6,8H,3,5,7H2,(H,20,21)(H,22,23). The molecule has 1 amide bonds. The number of benzene rings is 1. The third kappa shape index (κ3) is 3.10. The van der Waals surface area contributed by atoms with E-state index in [9.17, 15) is 18.0 Å². The molecular weight excluding hydrogens is 309 g/mol. The van der Waals surface area contributed by atoms with Crippen LogP contribution in [-0.2, 0) is 19.0 Å². The molecular formula is C15H13F3N4O. The SMILES string of the molecule is O=C(NN=Cc1ccccc1C(F)(F)F)c1n[nH]c2c1CCC2. The van der Waals surface area contributed by atoms with Crippen molar-refractivity contribution in [1.82, 2.24) is 15.6 Å². The maximum Gasteiger partial charge on any atom is 0.417 e. The summed E-state index contributed by atoms with van der Waals surface area (Å²) in [7, 11) is 0. The number of aryl methyl sites for hydroxylation is 1. The highest BCUT2D eigenvalue weighted by Crippen LogP contribution is 2.31. The van der Waals surface area contributed by atoms with Crippen LogP contribution in [0.1, 0.15) is 39.3 Å². The van der Waals surface area contributed by atoms with E-state index in [0.29, 0.717) is 0 Å². The zero-order valence-electron chi connectivity index (χ0n) is 11.9. The van der Waals surface area contributed by atoms with Gasteiger partial charge >= 0.3 is 6.18 Å². The topological polar surface area (TPSA) is 70.1 Å². The second-order valence-corrected chi connectivity index (χ2v) is 5.17. The van der Waals surface area contributed by atoms with Crippen molar-refractivity contribution in [2.45, 2.75) is 25.4 Å². The monoisotopic (exact) mass is 322 g/mol. The summed E-state index contributed by atoms with van der Waals surface area (Å²) in [5, 5.41) is 10.3. The highest BCUT2D eigenvalue weighted by molar-refractivity contribution is 5.95. The van der Waals surface area contributed by atoms with Crippen LogP contribution in [0, 0.1) is 0 Å². The van der Waals surface area contributed by atoms with E-state index in [1.54, 1.807) is 0 Å². The van der Waals surface area contributed by atoms with Gasteiger partial charge in [-0.15, -0.1) is 0 Å². The molecule has 0 spiro atoms. The number of aromatic amines is 1. The maximum absolute atomic E-state index is 12.8. The van der Waals surface area contributed by atoms with Crippen molar-refractivity contribution in [2.75, 3.05) is 0 Å². The predicted octanol–water partition coefficient (Wildman–Crippen LogP) is 2.68. The average molecular weight is 322 g/mol. The number of amides is 1. The fourth-order valence-electron chi connectivity index (χ4n) is 2.59. The summed E-state index contributed by atoms with van der Waals surface area (Å²) in [5.74, 6) is -0.537. The zero-order valence-corrected chi connectivity index (χ0v) is 11.9. The Morgan fingerprint density at radius 3 is 2.87 bits per heavy atom. The summed E-state index contributed by atoms with van der Waals surface area (Å²) in [6.07, 6.45) is -0.942. The first-order valence-electron chi connectivity index (χ1n) is 7.02. The first-order chi connectivity index (χ1) is 11.0. The molecule has 0 unspecified atom stereocenters. The van der Waals surface area contributed by atoms with Gasteiger partial charge in [-0.2, -0.15) is 23.4 Å². The number of hydrogen-bond donors (Lipinski definition) is 2. The van der Waals surface area contributed by atoms with E-state index in [2.05, 4.69) is 20.7 Å². The first-order valence-corrected chi connectivity index (χ1v) is 7.02. The van der Waals surface area contributed by atoms with Crippen LogP contribution in [0.15, 0.2) is 29.4 Å². The van der Waals surface area contributed by atoms with Gasteiger partial charge < -0.3 is 0 Å². The van der Waals surface area contributed by atoms with Crippen molar-refractivity contribution in [1.29, 1.82) is 0 Å². The minimum atomic E-state index is -4.48. The Morgan fingerprint density at radius 1 is 1.30 bits per heavy atom. The summed E-state index contributed by atoms with van der Waals surface area (Å²) in [6.45, 7) is 0. The fourth-order valence-corrected chi connectivity index (χ4v) is 2.59. The van der Waals surface area contributed by atoms with E-state index in [4.69, 9.17) is 0 Å². The molecule has 1 aromatic heterocycles. The minimum Gasteiger partial charge on any atom is -0.281 e. The van der Waals surface area contributed by atoms with E-state index in [1.807, 2.05) is 0 Å². The molecule has 5 nitrogen and oxygen atoms in total. The molecule has 1 aliphatic rings. The molecule has 8 heteroatoms. The van der Waals surface area contributed by atoms with Crippen molar-refractivity contribution in [3.05, 3.63) is 52.3 Å². The lowest BCUT2D eigenvalue weighted by molar-refractivity contribution is -0.137. The molecule has 0 radical (unpaired) electrons. The average Bonchev–Trinajstić information content (AvgIpc) is 3.09. The summed E-state index contributed by atoms with van der Waals surface area (Å²) in [6, 6.07) is 5.01. The van der Waals surface area contributed by atoms with Gasteiger partial charge in [-0.3, -0.25) is 9.89 Å². The Hall–Kier alpha value is -2.64. The second kappa shape index (κ2) is 5.86. The zero-order chi connectivity index (χ0) is 16.4. The summed E-state index contributed by atoms with van der Waals surface area (Å²) in [4.78, 5) is 12.0. The molecule has 3 rings (SSSR count). The third-order valence-corrected chi connectivity index (χ3v) is 3.66. The number of halogens is 3. The largest absolute Gasteiger partial charge is 0.417 e. The molecule has 1 aliphatic carbocycles. The molecule has 0 bridgehead atoms. The first kappa shape index (κ1) is 15.3. The molecule has 1 heterocycles. The van der Waals surface area contributed by atoms with E-state index < -0.39 is 17.6 Å². The summed E-state index contributed by atoms with van der Waals surface area (Å²) in [5.41, 5.74) is 3.33. The molecule has 2 N–H and O–H groups in total. The van der Waals surface area contributed by atoms with Gasteiger partial charge in [-0.1, -0.05) is 18.2 Å². The van der Waals surface area contributed by atoms with Crippen LogP contribution in [0.5, 0.6) is 0 Å². The molecule has 0 atom stereocenters. The number of hydrazone groups is 1. The lowest BCUT2D eigenvalue weighted by Crippen LogP contribution is -2.20. The quantitative estimate of drug-likeness (QED) is 0.674. The molecule has 23 heavy (non-hydrogen) atoms. The maximum atomic E-state index is 12.8. The number of carbonyl (C=O) groups excluding carboxylic acids is 1. The Labute approximate surface area is 129 Å². The third-order valence-electron chi connectivity index (χ3n) is 3.66. The van der Waals surface area contributed by atoms with E-state index in [-0.39, 0.29) is 11.3 Å². The lowest BCUT2D eigenvalue weighted by atomic mass is 10.1. The van der Waals surface area contributed by atoms with E-state index in [1.165, 1.54) is 18.2 Å². The van der Waals surface area contributed by atoms with Crippen molar-refractivity contribution < 1.29 is 18.0 Å². The molecule has 0 saturated heterocycles. The Morgan fingerprint density at radius 2 is 2.09 bits per heavy atom. The molecule has 0 saturated carbocycles. The van der Waals surface area contributed by atoms with Crippen LogP contribution in [0.3, 0.4) is 0 Å². The number of alkyl halides is 3. The van der Waals surface area contributed by atoms with Gasteiger partial charge in [0.15, 0.2) is 5.69 Å². The summed E-state index contributed by atoms with van der Waals surface area (Å²) < 4.78 is 38.5. The van der Waals surface area contributed by atoms with Crippen LogP contribution in [-0.4, -0.2) is 22.3 Å². The van der Waals surface area contributed by atoms with E-state index in [0.717, 1.165) is 42.8 Å². The molecule has 0 aliphatic heterocycles.